The molecule has 0 spiro atoms. The largest absolute Gasteiger partial charge is 0.445 e. The number of H-pyrrole nitrogens is 1. The van der Waals surface area contributed by atoms with Crippen LogP contribution in [0.2, 0.25) is 0 Å². The quantitative estimate of drug-likeness (QED) is 0.773. The number of benzene rings is 1. The molecule has 21 heavy (non-hydrogen) atoms. The van der Waals surface area contributed by atoms with Crippen LogP contribution in [0.5, 0.6) is 0 Å². The lowest BCUT2D eigenvalue weighted by molar-refractivity contribution is 0.150. The van der Waals surface area contributed by atoms with Gasteiger partial charge in [-0.2, -0.15) is 0 Å². The fourth-order valence-electron chi connectivity index (χ4n) is 2.38. The highest BCUT2D eigenvalue weighted by atomic mass is 16.5. The number of amides is 1. The van der Waals surface area contributed by atoms with E-state index in [0.29, 0.717) is 0 Å². The van der Waals surface area contributed by atoms with Gasteiger partial charge in [-0.3, -0.25) is 4.98 Å². The maximum absolute atomic E-state index is 10.7. The van der Waals surface area contributed by atoms with Crippen molar-refractivity contribution in [1.29, 1.82) is 0 Å². The molecule has 3 rings (SSSR count). The van der Waals surface area contributed by atoms with Crippen molar-refractivity contribution in [3.8, 4) is 11.4 Å². The second kappa shape index (κ2) is 5.28. The number of pyridine rings is 1. The molecule has 0 radical (unpaired) electrons. The van der Waals surface area contributed by atoms with E-state index >= 15 is 0 Å². The molecule has 0 fully saturated rings. The summed E-state index contributed by atoms with van der Waals surface area (Å²) in [6, 6.07) is 11.7. The van der Waals surface area contributed by atoms with Gasteiger partial charge in [-0.25, -0.2) is 4.79 Å². The Bertz CT molecular complexity index is 794. The lowest BCUT2D eigenvalue weighted by atomic mass is 10.1. The minimum Gasteiger partial charge on any atom is -0.445 e. The summed E-state index contributed by atoms with van der Waals surface area (Å²) in [4.78, 5) is 18.4. The first kappa shape index (κ1) is 13.2. The van der Waals surface area contributed by atoms with Crippen molar-refractivity contribution in [1.82, 2.24) is 9.97 Å². The van der Waals surface area contributed by atoms with Gasteiger partial charge in [0, 0.05) is 17.1 Å². The number of fused-ring (bicyclic) bond motifs is 1. The van der Waals surface area contributed by atoms with Crippen LogP contribution in [0.15, 0.2) is 42.6 Å². The molecule has 3 aromatic rings. The van der Waals surface area contributed by atoms with Crippen molar-refractivity contribution in [3.05, 3.63) is 53.7 Å². The van der Waals surface area contributed by atoms with E-state index in [-0.39, 0.29) is 6.61 Å². The fourth-order valence-corrected chi connectivity index (χ4v) is 2.38. The van der Waals surface area contributed by atoms with Crippen LogP contribution in [0, 0.1) is 6.92 Å². The molecule has 1 aromatic carbocycles. The average molecular weight is 281 g/mol. The van der Waals surface area contributed by atoms with Crippen molar-refractivity contribution in [2.45, 2.75) is 13.5 Å². The molecule has 2 aromatic heterocycles. The lowest BCUT2D eigenvalue weighted by Crippen LogP contribution is -2.12. The summed E-state index contributed by atoms with van der Waals surface area (Å²) < 4.78 is 4.82. The minimum atomic E-state index is -0.768. The summed E-state index contributed by atoms with van der Waals surface area (Å²) in [5.74, 6) is 0. The molecule has 106 valence electrons. The van der Waals surface area contributed by atoms with Gasteiger partial charge in [0.2, 0.25) is 0 Å². The fraction of sp³-hybridized carbons (Fsp3) is 0.125. The number of aryl methyl sites for hydroxylation is 1. The van der Waals surface area contributed by atoms with Crippen LogP contribution in [0.1, 0.15) is 11.1 Å². The van der Waals surface area contributed by atoms with Gasteiger partial charge in [0.05, 0.1) is 11.4 Å². The zero-order valence-corrected chi connectivity index (χ0v) is 11.6. The van der Waals surface area contributed by atoms with Crippen LogP contribution in [0.25, 0.3) is 22.3 Å². The van der Waals surface area contributed by atoms with E-state index in [4.69, 9.17) is 10.5 Å². The molecule has 3 N–H and O–H groups in total. The van der Waals surface area contributed by atoms with Gasteiger partial charge < -0.3 is 15.5 Å². The zero-order chi connectivity index (χ0) is 14.8. The Morgan fingerprint density at radius 1 is 1.33 bits per heavy atom. The van der Waals surface area contributed by atoms with E-state index in [9.17, 15) is 4.79 Å². The highest BCUT2D eigenvalue weighted by molar-refractivity contribution is 5.90. The van der Waals surface area contributed by atoms with E-state index in [2.05, 4.69) is 9.97 Å². The second-order valence-electron chi connectivity index (χ2n) is 4.83. The summed E-state index contributed by atoms with van der Waals surface area (Å²) in [6.07, 6.45) is 1.00. The lowest BCUT2D eigenvalue weighted by Gasteiger charge is -2.02. The second-order valence-corrected chi connectivity index (χ2v) is 4.83. The molecule has 0 saturated carbocycles. The summed E-state index contributed by atoms with van der Waals surface area (Å²) in [5, 5.41) is 1.08. The Morgan fingerprint density at radius 3 is 2.90 bits per heavy atom. The third-order valence-corrected chi connectivity index (χ3v) is 3.42. The van der Waals surface area contributed by atoms with Crippen LogP contribution in [0.4, 0.5) is 4.79 Å². The van der Waals surface area contributed by atoms with Gasteiger partial charge in [-0.05, 0) is 42.3 Å². The highest BCUT2D eigenvalue weighted by Crippen LogP contribution is 2.29. The maximum Gasteiger partial charge on any atom is 0.404 e. The molecule has 0 unspecified atom stereocenters. The number of aromatic amines is 1. The van der Waals surface area contributed by atoms with E-state index < -0.39 is 6.09 Å². The van der Waals surface area contributed by atoms with Gasteiger partial charge in [-0.1, -0.05) is 12.1 Å². The normalized spacial score (nSPS) is 10.7. The van der Waals surface area contributed by atoms with Crippen molar-refractivity contribution < 1.29 is 9.53 Å². The number of nitrogens with two attached hydrogens (primary N) is 1. The third kappa shape index (κ3) is 2.58. The Hall–Kier alpha value is -2.82. The topological polar surface area (TPSA) is 81.0 Å². The van der Waals surface area contributed by atoms with E-state index in [1.165, 1.54) is 0 Å². The molecule has 1 amide bonds. The van der Waals surface area contributed by atoms with E-state index in [1.807, 2.05) is 43.3 Å². The SMILES string of the molecule is Cc1c(-c2ccccn2)[nH]c2ccc(COC(N)=O)cc12. The molecule has 0 aliphatic rings. The summed E-state index contributed by atoms with van der Waals surface area (Å²) >= 11 is 0. The number of nitrogens with zero attached hydrogens (tertiary/aromatic N) is 1. The molecule has 2 heterocycles. The van der Waals surface area contributed by atoms with Gasteiger partial charge in [0.25, 0.3) is 0 Å². The standard InChI is InChI=1S/C16H15N3O2/c1-10-12-8-11(9-21-16(17)20)5-6-13(12)19-15(10)14-4-2-3-7-18-14/h2-8,19H,9H2,1H3,(H2,17,20). The number of primary amides is 1. The first-order chi connectivity index (χ1) is 10.1. The number of hydrogen-bond acceptors (Lipinski definition) is 3. The Kier molecular flexibility index (Phi) is 3.31. The Balaban J connectivity index is 2.02. The van der Waals surface area contributed by atoms with Crippen molar-refractivity contribution in [3.63, 3.8) is 0 Å². The number of carbonyl (C=O) groups excluding carboxylic acids is 1. The van der Waals surface area contributed by atoms with Gasteiger partial charge >= 0.3 is 6.09 Å². The predicted molar refractivity (Wildman–Crippen MR) is 80.6 cm³/mol. The third-order valence-electron chi connectivity index (χ3n) is 3.42. The molecule has 5 nitrogen and oxygen atoms in total. The zero-order valence-electron chi connectivity index (χ0n) is 11.6. The minimum absolute atomic E-state index is 0.175. The highest BCUT2D eigenvalue weighted by Gasteiger charge is 2.11. The summed E-state index contributed by atoms with van der Waals surface area (Å²) in [5.41, 5.74) is 9.93. The maximum atomic E-state index is 10.7. The van der Waals surface area contributed by atoms with Gasteiger partial charge in [0.15, 0.2) is 0 Å². The Morgan fingerprint density at radius 2 is 2.19 bits per heavy atom. The van der Waals surface area contributed by atoms with E-state index in [1.54, 1.807) is 6.20 Å². The number of ether oxygens (including phenoxy) is 1. The monoisotopic (exact) mass is 281 g/mol. The van der Waals surface area contributed by atoms with Crippen LogP contribution in [-0.4, -0.2) is 16.1 Å². The number of nitrogens with one attached hydrogen (secondary N) is 1. The molecule has 5 heteroatoms. The van der Waals surface area contributed by atoms with E-state index in [0.717, 1.165) is 33.4 Å². The average Bonchev–Trinajstić information content (AvgIpc) is 2.83. The molecule has 0 atom stereocenters. The number of rotatable bonds is 3. The molecule has 0 bridgehead atoms. The smallest absolute Gasteiger partial charge is 0.404 e. The Labute approximate surface area is 121 Å². The summed E-state index contributed by atoms with van der Waals surface area (Å²) in [7, 11) is 0. The van der Waals surface area contributed by atoms with Crippen molar-refractivity contribution in [2.75, 3.05) is 0 Å². The van der Waals surface area contributed by atoms with Crippen LogP contribution in [0.3, 0.4) is 0 Å². The number of carbonyl (C=O) groups is 1. The van der Waals surface area contributed by atoms with Gasteiger partial charge in [0.1, 0.15) is 6.61 Å². The van der Waals surface area contributed by atoms with Gasteiger partial charge in [-0.15, -0.1) is 0 Å². The predicted octanol–water partition coefficient (Wildman–Crippen LogP) is 3.13. The van der Waals surface area contributed by atoms with Crippen molar-refractivity contribution in [2.24, 2.45) is 5.73 Å². The first-order valence-electron chi connectivity index (χ1n) is 6.60. The molecule has 0 saturated heterocycles. The molecular formula is C16H15N3O2. The molecule has 0 aliphatic carbocycles. The molecular weight excluding hydrogens is 266 g/mol. The number of aromatic nitrogens is 2. The summed E-state index contributed by atoms with van der Waals surface area (Å²) in [6.45, 7) is 2.22. The first-order valence-corrected chi connectivity index (χ1v) is 6.60. The van der Waals surface area contributed by atoms with Crippen LogP contribution in [-0.2, 0) is 11.3 Å². The van der Waals surface area contributed by atoms with Crippen LogP contribution < -0.4 is 5.73 Å². The molecule has 0 aliphatic heterocycles. The van der Waals surface area contributed by atoms with Crippen molar-refractivity contribution >= 4 is 17.0 Å². The number of hydrogen-bond donors (Lipinski definition) is 2. The van der Waals surface area contributed by atoms with Crippen LogP contribution >= 0.6 is 0 Å².